The smallest absolute Gasteiger partial charge is 0.347 e. The van der Waals surface area contributed by atoms with Crippen molar-refractivity contribution in [1.29, 1.82) is 0 Å². The molecule has 0 bridgehead atoms. The molecule has 1 rings (SSSR count). The zero-order valence-electron chi connectivity index (χ0n) is 10.9. The van der Waals surface area contributed by atoms with E-state index in [2.05, 4.69) is 5.32 Å². The highest BCUT2D eigenvalue weighted by atomic mass is 19.4. The Kier molecular flexibility index (Phi) is 4.98. The summed E-state index contributed by atoms with van der Waals surface area (Å²) < 4.78 is 36.5. The summed E-state index contributed by atoms with van der Waals surface area (Å²) in [5, 5.41) is 3.09. The van der Waals surface area contributed by atoms with E-state index in [1.165, 1.54) is 16.8 Å². The Balaban J connectivity index is 2.37. The van der Waals surface area contributed by atoms with Gasteiger partial charge in [-0.3, -0.25) is 9.69 Å². The van der Waals surface area contributed by atoms with E-state index in [4.69, 9.17) is 0 Å². The monoisotopic (exact) mass is 267 g/mol. The lowest BCUT2D eigenvalue weighted by atomic mass is 10.2. The van der Waals surface area contributed by atoms with Gasteiger partial charge in [-0.25, -0.2) is 0 Å². The number of carbonyl (C=O) groups excluding carboxylic acids is 1. The first-order valence-electron chi connectivity index (χ1n) is 5.91. The fourth-order valence-corrected chi connectivity index (χ4v) is 2.22. The number of hydrogen-bond acceptors (Lipinski definition) is 3. The van der Waals surface area contributed by atoms with Crippen molar-refractivity contribution in [3.05, 3.63) is 0 Å². The number of halogens is 3. The first-order chi connectivity index (χ1) is 8.19. The minimum Gasteiger partial charge on any atom is -0.347 e. The number of rotatable bonds is 4. The molecule has 1 amide bonds. The molecule has 0 radical (unpaired) electrons. The third-order valence-electron chi connectivity index (χ3n) is 2.96. The molecule has 1 fully saturated rings. The lowest BCUT2D eigenvalue weighted by molar-refractivity contribution is -0.143. The Bertz CT molecular complexity index is 294. The van der Waals surface area contributed by atoms with E-state index < -0.39 is 12.7 Å². The van der Waals surface area contributed by atoms with Crippen molar-refractivity contribution < 1.29 is 18.0 Å². The molecule has 1 aliphatic rings. The van der Waals surface area contributed by atoms with E-state index >= 15 is 0 Å². The lowest BCUT2D eigenvalue weighted by Gasteiger charge is -2.23. The molecule has 4 nitrogen and oxygen atoms in total. The van der Waals surface area contributed by atoms with Crippen LogP contribution in [-0.4, -0.2) is 68.2 Å². The third kappa shape index (κ3) is 4.81. The van der Waals surface area contributed by atoms with Crippen LogP contribution in [-0.2, 0) is 4.79 Å². The molecule has 18 heavy (non-hydrogen) atoms. The minimum absolute atomic E-state index is 0.0176. The van der Waals surface area contributed by atoms with Crippen molar-refractivity contribution in [3.8, 4) is 0 Å². The van der Waals surface area contributed by atoms with E-state index in [-0.39, 0.29) is 18.0 Å². The maximum atomic E-state index is 12.2. The van der Waals surface area contributed by atoms with E-state index in [0.717, 1.165) is 6.42 Å². The average Bonchev–Trinajstić information content (AvgIpc) is 2.61. The second-order valence-corrected chi connectivity index (χ2v) is 5.04. The van der Waals surface area contributed by atoms with Crippen LogP contribution in [0.3, 0.4) is 0 Å². The molecule has 0 aliphatic carbocycles. The number of alkyl halides is 3. The fourth-order valence-electron chi connectivity index (χ4n) is 2.22. The molecule has 1 aliphatic heterocycles. The highest BCUT2D eigenvalue weighted by Crippen LogP contribution is 2.18. The topological polar surface area (TPSA) is 35.6 Å². The average molecular weight is 267 g/mol. The summed E-state index contributed by atoms with van der Waals surface area (Å²) in [6.07, 6.45) is -2.76. The largest absolute Gasteiger partial charge is 0.401 e. The maximum absolute atomic E-state index is 12.2. The Morgan fingerprint density at radius 3 is 2.39 bits per heavy atom. The van der Waals surface area contributed by atoms with Crippen LogP contribution in [0, 0.1) is 0 Å². The van der Waals surface area contributed by atoms with Gasteiger partial charge in [0.2, 0.25) is 5.91 Å². The van der Waals surface area contributed by atoms with Crippen molar-refractivity contribution >= 4 is 5.91 Å². The van der Waals surface area contributed by atoms with E-state index in [1.807, 2.05) is 0 Å². The van der Waals surface area contributed by atoms with Crippen LogP contribution in [0.15, 0.2) is 0 Å². The molecule has 2 unspecified atom stereocenters. The second kappa shape index (κ2) is 5.88. The first kappa shape index (κ1) is 15.2. The summed E-state index contributed by atoms with van der Waals surface area (Å²) >= 11 is 0. The van der Waals surface area contributed by atoms with Crippen LogP contribution >= 0.6 is 0 Å². The van der Waals surface area contributed by atoms with Gasteiger partial charge in [-0.15, -0.1) is 0 Å². The molecule has 0 aromatic carbocycles. The number of nitrogens with zero attached hydrogens (tertiary/aromatic N) is 2. The Morgan fingerprint density at radius 1 is 1.28 bits per heavy atom. The van der Waals surface area contributed by atoms with E-state index in [9.17, 15) is 18.0 Å². The van der Waals surface area contributed by atoms with Crippen LogP contribution in [0.4, 0.5) is 13.2 Å². The minimum atomic E-state index is -4.17. The van der Waals surface area contributed by atoms with Gasteiger partial charge in [0.15, 0.2) is 0 Å². The molecule has 7 heteroatoms. The lowest BCUT2D eigenvalue weighted by Crippen LogP contribution is -2.46. The van der Waals surface area contributed by atoms with Crippen LogP contribution in [0.1, 0.15) is 12.8 Å². The number of amides is 1. The van der Waals surface area contributed by atoms with Crippen LogP contribution < -0.4 is 5.32 Å². The van der Waals surface area contributed by atoms with Gasteiger partial charge in [-0.05, 0) is 19.9 Å². The van der Waals surface area contributed by atoms with Crippen LogP contribution in [0.5, 0.6) is 0 Å². The summed E-state index contributed by atoms with van der Waals surface area (Å²) in [5.74, 6) is -0.0176. The summed E-state index contributed by atoms with van der Waals surface area (Å²) in [6.45, 7) is -0.617. The molecule has 1 saturated heterocycles. The van der Waals surface area contributed by atoms with Crippen molar-refractivity contribution in [2.45, 2.75) is 31.1 Å². The normalized spacial score (nSPS) is 24.6. The van der Waals surface area contributed by atoms with Gasteiger partial charge in [0, 0.05) is 26.7 Å². The first-order valence-corrected chi connectivity index (χ1v) is 5.91. The van der Waals surface area contributed by atoms with Crippen molar-refractivity contribution in [2.24, 2.45) is 0 Å². The summed E-state index contributed by atoms with van der Waals surface area (Å²) in [5.41, 5.74) is 0. The zero-order valence-corrected chi connectivity index (χ0v) is 10.9. The summed E-state index contributed by atoms with van der Waals surface area (Å²) in [6, 6.07) is -0.310. The van der Waals surface area contributed by atoms with Crippen molar-refractivity contribution in [2.75, 3.05) is 34.2 Å². The molecule has 1 heterocycles. The maximum Gasteiger partial charge on any atom is 0.401 e. The third-order valence-corrected chi connectivity index (χ3v) is 2.96. The molecule has 106 valence electrons. The molecular formula is C11H20F3N3O. The molecule has 0 saturated carbocycles. The number of carbonyl (C=O) groups is 1. The SMILES string of the molecule is CN(CC1CCC(C(=O)N(C)C)N1)CC(F)(F)F. The predicted molar refractivity (Wildman–Crippen MR) is 62.2 cm³/mol. The second-order valence-electron chi connectivity index (χ2n) is 5.04. The molecular weight excluding hydrogens is 247 g/mol. The summed E-state index contributed by atoms with van der Waals surface area (Å²) in [7, 11) is 4.79. The van der Waals surface area contributed by atoms with Gasteiger partial charge in [-0.2, -0.15) is 13.2 Å². The van der Waals surface area contributed by atoms with Crippen LogP contribution in [0.2, 0.25) is 0 Å². The van der Waals surface area contributed by atoms with Gasteiger partial charge in [0.25, 0.3) is 0 Å². The predicted octanol–water partition coefficient (Wildman–Crippen LogP) is 0.689. The zero-order chi connectivity index (χ0) is 13.9. The quantitative estimate of drug-likeness (QED) is 0.814. The van der Waals surface area contributed by atoms with Gasteiger partial charge >= 0.3 is 6.18 Å². The fraction of sp³-hybridized carbons (Fsp3) is 0.909. The summed E-state index contributed by atoms with van der Waals surface area (Å²) in [4.78, 5) is 14.4. The Morgan fingerprint density at radius 2 is 1.89 bits per heavy atom. The Hall–Kier alpha value is -0.820. The highest BCUT2D eigenvalue weighted by molar-refractivity contribution is 5.81. The van der Waals surface area contributed by atoms with Crippen molar-refractivity contribution in [1.82, 2.24) is 15.1 Å². The highest BCUT2D eigenvalue weighted by Gasteiger charge is 2.33. The van der Waals surface area contributed by atoms with Gasteiger partial charge in [0.05, 0.1) is 12.6 Å². The van der Waals surface area contributed by atoms with Crippen LogP contribution in [0.25, 0.3) is 0 Å². The molecule has 1 N–H and O–H groups in total. The van der Waals surface area contributed by atoms with Gasteiger partial charge in [-0.1, -0.05) is 0 Å². The van der Waals surface area contributed by atoms with Gasteiger partial charge in [0.1, 0.15) is 0 Å². The molecule has 0 aromatic rings. The number of hydrogen-bond donors (Lipinski definition) is 1. The number of nitrogens with one attached hydrogen (secondary N) is 1. The standard InChI is InChI=1S/C11H20F3N3O/c1-16(2)10(18)9-5-4-8(15-9)6-17(3)7-11(12,13)14/h8-9,15H,4-7H2,1-3H3. The number of likely N-dealkylation sites (N-methyl/N-ethyl adjacent to an activating group) is 2. The molecule has 0 spiro atoms. The van der Waals surface area contributed by atoms with E-state index in [1.54, 1.807) is 14.1 Å². The Labute approximate surface area is 105 Å². The van der Waals surface area contributed by atoms with E-state index in [0.29, 0.717) is 13.0 Å². The molecule has 0 aromatic heterocycles. The van der Waals surface area contributed by atoms with Gasteiger partial charge < -0.3 is 10.2 Å². The van der Waals surface area contributed by atoms with Crippen molar-refractivity contribution in [3.63, 3.8) is 0 Å². The molecule has 2 atom stereocenters.